The van der Waals surface area contributed by atoms with Gasteiger partial charge in [0.1, 0.15) is 0 Å². The van der Waals surface area contributed by atoms with Crippen molar-refractivity contribution in [2.75, 3.05) is 18.0 Å². The molecule has 0 aliphatic carbocycles. The van der Waals surface area contributed by atoms with Crippen LogP contribution in [-0.2, 0) is 17.8 Å². The molecule has 2 heterocycles. The zero-order valence-electron chi connectivity index (χ0n) is 13.2. The average Bonchev–Trinajstić information content (AvgIpc) is 2.62. The lowest BCUT2D eigenvalue weighted by Gasteiger charge is -2.26. The molecule has 1 N–H and O–H groups in total. The van der Waals surface area contributed by atoms with Crippen molar-refractivity contribution < 1.29 is 4.79 Å². The van der Waals surface area contributed by atoms with Crippen LogP contribution in [0, 0.1) is 0 Å². The molecule has 1 aliphatic heterocycles. The lowest BCUT2D eigenvalue weighted by Crippen LogP contribution is -2.31. The second kappa shape index (κ2) is 7.72. The molecule has 0 atom stereocenters. The first kappa shape index (κ1) is 15.5. The minimum atomic E-state index is 0.00864. The number of hydrogen-bond donors (Lipinski definition) is 1. The van der Waals surface area contributed by atoms with Crippen molar-refractivity contribution in [2.45, 2.75) is 32.2 Å². The molecule has 1 saturated heterocycles. The molecule has 120 valence electrons. The predicted molar refractivity (Wildman–Crippen MR) is 90.1 cm³/mol. The Balaban J connectivity index is 1.54. The Morgan fingerprint density at radius 2 is 1.87 bits per heavy atom. The molecule has 5 heteroatoms. The molecule has 0 radical (unpaired) electrons. The first-order valence-corrected chi connectivity index (χ1v) is 8.19. The van der Waals surface area contributed by atoms with E-state index in [1.807, 2.05) is 36.4 Å². The summed E-state index contributed by atoms with van der Waals surface area (Å²) in [5, 5.41) is 2.93. The van der Waals surface area contributed by atoms with E-state index in [1.165, 1.54) is 19.3 Å². The summed E-state index contributed by atoms with van der Waals surface area (Å²) in [7, 11) is 0. The molecular weight excluding hydrogens is 288 g/mol. The van der Waals surface area contributed by atoms with E-state index in [9.17, 15) is 4.79 Å². The summed E-state index contributed by atoms with van der Waals surface area (Å²) in [5.74, 6) is 0.786. The third-order valence-electron chi connectivity index (χ3n) is 4.01. The van der Waals surface area contributed by atoms with Gasteiger partial charge in [-0.05, 0) is 30.9 Å². The normalized spacial score (nSPS) is 14.5. The molecule has 1 fully saturated rings. The molecule has 5 nitrogen and oxygen atoms in total. The molecule has 2 aromatic rings. The second-order valence-electron chi connectivity index (χ2n) is 5.83. The van der Waals surface area contributed by atoms with Gasteiger partial charge in [-0.1, -0.05) is 30.3 Å². The van der Waals surface area contributed by atoms with Gasteiger partial charge in [0.15, 0.2) is 0 Å². The van der Waals surface area contributed by atoms with Crippen LogP contribution in [0.1, 0.15) is 30.5 Å². The maximum atomic E-state index is 12.0. The fourth-order valence-corrected chi connectivity index (χ4v) is 2.76. The molecule has 0 saturated carbocycles. The highest BCUT2D eigenvalue weighted by Gasteiger charge is 2.13. The molecule has 1 aliphatic rings. The van der Waals surface area contributed by atoms with Crippen LogP contribution in [0.2, 0.25) is 0 Å². The van der Waals surface area contributed by atoms with Crippen molar-refractivity contribution in [1.82, 2.24) is 15.3 Å². The van der Waals surface area contributed by atoms with Crippen molar-refractivity contribution in [1.29, 1.82) is 0 Å². The summed E-state index contributed by atoms with van der Waals surface area (Å²) < 4.78 is 0. The van der Waals surface area contributed by atoms with E-state index in [-0.39, 0.29) is 5.91 Å². The number of piperidine rings is 1. The first-order valence-electron chi connectivity index (χ1n) is 8.19. The van der Waals surface area contributed by atoms with E-state index < -0.39 is 0 Å². The number of rotatable bonds is 5. The number of amides is 1. The van der Waals surface area contributed by atoms with Crippen LogP contribution in [0.5, 0.6) is 0 Å². The number of hydrogen-bond acceptors (Lipinski definition) is 4. The van der Waals surface area contributed by atoms with E-state index in [0.29, 0.717) is 13.0 Å². The summed E-state index contributed by atoms with van der Waals surface area (Å²) in [6.07, 6.45) is 5.84. The fourth-order valence-electron chi connectivity index (χ4n) is 2.76. The number of anilines is 1. The number of aromatic nitrogens is 2. The minimum absolute atomic E-state index is 0.00864. The van der Waals surface area contributed by atoms with Gasteiger partial charge < -0.3 is 10.2 Å². The summed E-state index contributed by atoms with van der Waals surface area (Å²) in [6, 6.07) is 11.6. The van der Waals surface area contributed by atoms with Gasteiger partial charge in [0.05, 0.1) is 18.7 Å². The van der Waals surface area contributed by atoms with E-state index in [0.717, 1.165) is 30.3 Å². The lowest BCUT2D eigenvalue weighted by atomic mass is 10.1. The highest BCUT2D eigenvalue weighted by molar-refractivity contribution is 5.78. The highest BCUT2D eigenvalue weighted by atomic mass is 16.1. The van der Waals surface area contributed by atoms with Crippen molar-refractivity contribution >= 4 is 11.9 Å². The summed E-state index contributed by atoms with van der Waals surface area (Å²) in [5.41, 5.74) is 1.86. The predicted octanol–water partition coefficient (Wildman–Crippen LogP) is 2.33. The van der Waals surface area contributed by atoms with E-state index in [1.54, 1.807) is 6.20 Å². The Hall–Kier alpha value is -2.43. The molecule has 1 amide bonds. The third-order valence-corrected chi connectivity index (χ3v) is 4.01. The first-order chi connectivity index (χ1) is 11.3. The van der Waals surface area contributed by atoms with Crippen LogP contribution in [0.25, 0.3) is 0 Å². The summed E-state index contributed by atoms with van der Waals surface area (Å²) in [6.45, 7) is 2.47. The van der Waals surface area contributed by atoms with Crippen molar-refractivity contribution in [3.63, 3.8) is 0 Å². The second-order valence-corrected chi connectivity index (χ2v) is 5.83. The Bertz CT molecular complexity index is 638. The van der Waals surface area contributed by atoms with Crippen LogP contribution < -0.4 is 10.2 Å². The summed E-state index contributed by atoms with van der Waals surface area (Å²) >= 11 is 0. The van der Waals surface area contributed by atoms with Gasteiger partial charge >= 0.3 is 0 Å². The number of nitrogens with one attached hydrogen (secondary N) is 1. The zero-order valence-corrected chi connectivity index (χ0v) is 13.2. The highest BCUT2D eigenvalue weighted by Crippen LogP contribution is 2.15. The molecule has 0 spiro atoms. The molecule has 23 heavy (non-hydrogen) atoms. The smallest absolute Gasteiger partial charge is 0.225 e. The standard InChI is InChI=1S/C18H22N4O/c23-17(13-15-7-3-1-4-8-15)20-14-16-9-10-19-18(21-16)22-11-5-2-6-12-22/h1,3-4,7-10H,2,5-6,11-14H2,(H,20,23). The molecule has 1 aromatic heterocycles. The minimum Gasteiger partial charge on any atom is -0.350 e. The number of nitrogens with zero attached hydrogens (tertiary/aromatic N) is 3. The van der Waals surface area contributed by atoms with Crippen molar-refractivity contribution in [2.24, 2.45) is 0 Å². The molecular formula is C18H22N4O. The maximum Gasteiger partial charge on any atom is 0.225 e. The Morgan fingerprint density at radius 3 is 2.65 bits per heavy atom. The molecule has 0 bridgehead atoms. The van der Waals surface area contributed by atoms with Crippen LogP contribution >= 0.6 is 0 Å². The van der Waals surface area contributed by atoms with E-state index >= 15 is 0 Å². The number of carbonyl (C=O) groups is 1. The van der Waals surface area contributed by atoms with Gasteiger partial charge in [-0.3, -0.25) is 4.79 Å². The van der Waals surface area contributed by atoms with E-state index in [2.05, 4.69) is 20.2 Å². The fraction of sp³-hybridized carbons (Fsp3) is 0.389. The monoisotopic (exact) mass is 310 g/mol. The molecule has 3 rings (SSSR count). The van der Waals surface area contributed by atoms with Crippen molar-refractivity contribution in [3.8, 4) is 0 Å². The van der Waals surface area contributed by atoms with Crippen LogP contribution in [0.4, 0.5) is 5.95 Å². The van der Waals surface area contributed by atoms with Gasteiger partial charge in [-0.2, -0.15) is 0 Å². The van der Waals surface area contributed by atoms with Gasteiger partial charge in [0.25, 0.3) is 0 Å². The van der Waals surface area contributed by atoms with E-state index in [4.69, 9.17) is 0 Å². The molecule has 0 unspecified atom stereocenters. The third kappa shape index (κ3) is 4.52. The Morgan fingerprint density at radius 1 is 1.09 bits per heavy atom. The maximum absolute atomic E-state index is 12.0. The van der Waals surface area contributed by atoms with Gasteiger partial charge in [0.2, 0.25) is 11.9 Å². The Kier molecular flexibility index (Phi) is 5.19. The Labute approximate surface area is 136 Å². The average molecular weight is 310 g/mol. The van der Waals surface area contributed by atoms with Crippen LogP contribution in [0.3, 0.4) is 0 Å². The van der Waals surface area contributed by atoms with Crippen LogP contribution in [0.15, 0.2) is 42.6 Å². The van der Waals surface area contributed by atoms with Crippen molar-refractivity contribution in [3.05, 3.63) is 53.9 Å². The number of benzene rings is 1. The van der Waals surface area contributed by atoms with Gasteiger partial charge in [0, 0.05) is 19.3 Å². The quantitative estimate of drug-likeness (QED) is 0.921. The SMILES string of the molecule is O=C(Cc1ccccc1)NCc1ccnc(N2CCCCC2)n1. The topological polar surface area (TPSA) is 58.1 Å². The van der Waals surface area contributed by atoms with Gasteiger partial charge in [-0.25, -0.2) is 9.97 Å². The van der Waals surface area contributed by atoms with Gasteiger partial charge in [-0.15, -0.1) is 0 Å². The summed E-state index contributed by atoms with van der Waals surface area (Å²) in [4.78, 5) is 23.2. The van der Waals surface area contributed by atoms with Crippen LogP contribution in [-0.4, -0.2) is 29.0 Å². The number of carbonyl (C=O) groups excluding carboxylic acids is 1. The largest absolute Gasteiger partial charge is 0.350 e. The molecule has 1 aromatic carbocycles. The lowest BCUT2D eigenvalue weighted by molar-refractivity contribution is -0.120. The zero-order chi connectivity index (χ0) is 15.9.